The van der Waals surface area contributed by atoms with E-state index in [0.717, 1.165) is 25.0 Å². The van der Waals surface area contributed by atoms with E-state index in [1.54, 1.807) is 11.3 Å². The van der Waals surface area contributed by atoms with E-state index in [4.69, 9.17) is 4.84 Å². The molecule has 0 aromatic carbocycles. The first-order chi connectivity index (χ1) is 10.8. The van der Waals surface area contributed by atoms with Gasteiger partial charge in [0.1, 0.15) is 12.7 Å². The van der Waals surface area contributed by atoms with E-state index in [1.807, 2.05) is 0 Å². The van der Waals surface area contributed by atoms with Crippen LogP contribution in [0.15, 0.2) is 16.6 Å². The number of aliphatic hydroxyl groups excluding tert-OH is 1. The van der Waals surface area contributed by atoms with Crippen molar-refractivity contribution in [3.8, 4) is 0 Å². The topological polar surface area (TPSA) is 53.8 Å². The fraction of sp³-hybridized carbons (Fsp3) is 0.706. The summed E-state index contributed by atoms with van der Waals surface area (Å²) >= 11 is 1.80. The number of aliphatic hydroxyl groups is 1. The maximum absolute atomic E-state index is 10.0. The standard InChI is InChI=1S/C17H26N2O2S/c20-14(11-18-13-5-2-1-3-6-13)12-21-19-16-7-4-8-17-15(16)9-10-22-17/h9-10,13-14,18,20H,1-8,11-12H2/b19-16+. The molecule has 0 saturated heterocycles. The SMILES string of the molecule is OC(CNC1CCCCC1)CO/N=C1\CCCc2sccc21. The van der Waals surface area contributed by atoms with E-state index in [1.165, 1.54) is 42.5 Å². The third-order valence-electron chi connectivity index (χ3n) is 4.56. The number of oxime groups is 1. The number of hydrogen-bond acceptors (Lipinski definition) is 5. The molecule has 0 radical (unpaired) electrons. The van der Waals surface area contributed by atoms with Crippen molar-refractivity contribution in [2.45, 2.75) is 63.5 Å². The molecule has 1 atom stereocenters. The van der Waals surface area contributed by atoms with Crippen LogP contribution in [0.1, 0.15) is 55.4 Å². The summed E-state index contributed by atoms with van der Waals surface area (Å²) in [6, 6.07) is 2.70. The van der Waals surface area contributed by atoms with Gasteiger partial charge in [0.05, 0.1) is 5.71 Å². The van der Waals surface area contributed by atoms with Crippen molar-refractivity contribution in [1.82, 2.24) is 5.32 Å². The van der Waals surface area contributed by atoms with Gasteiger partial charge in [-0.2, -0.15) is 0 Å². The molecule has 2 N–H and O–H groups in total. The van der Waals surface area contributed by atoms with Crippen molar-refractivity contribution in [3.63, 3.8) is 0 Å². The molecule has 1 heterocycles. The van der Waals surface area contributed by atoms with Gasteiger partial charge in [-0.05, 0) is 43.6 Å². The first-order valence-electron chi connectivity index (χ1n) is 8.50. The average molecular weight is 322 g/mol. The van der Waals surface area contributed by atoms with Crippen molar-refractivity contribution < 1.29 is 9.94 Å². The molecule has 1 aromatic heterocycles. The van der Waals surface area contributed by atoms with Gasteiger partial charge >= 0.3 is 0 Å². The highest BCUT2D eigenvalue weighted by atomic mass is 32.1. The van der Waals surface area contributed by atoms with Gasteiger partial charge in [0.15, 0.2) is 0 Å². The predicted octanol–water partition coefficient (Wildman–Crippen LogP) is 3.09. The molecular formula is C17H26N2O2S. The lowest BCUT2D eigenvalue weighted by Gasteiger charge is -2.24. The lowest BCUT2D eigenvalue weighted by Crippen LogP contribution is -2.38. The van der Waals surface area contributed by atoms with Gasteiger partial charge in [-0.1, -0.05) is 24.4 Å². The summed E-state index contributed by atoms with van der Waals surface area (Å²) in [4.78, 5) is 6.81. The fourth-order valence-corrected chi connectivity index (χ4v) is 4.25. The van der Waals surface area contributed by atoms with Crippen LogP contribution in [0, 0.1) is 0 Å². The fourth-order valence-electron chi connectivity index (χ4n) is 3.31. The number of fused-ring (bicyclic) bond motifs is 1. The summed E-state index contributed by atoms with van der Waals surface area (Å²) in [5.74, 6) is 0. The zero-order valence-corrected chi connectivity index (χ0v) is 13.9. The molecule has 122 valence electrons. The number of rotatable bonds is 6. The molecule has 0 amide bonds. The normalized spacial score (nSPS) is 22.5. The molecule has 1 saturated carbocycles. The zero-order chi connectivity index (χ0) is 15.2. The molecule has 1 fully saturated rings. The molecule has 5 heteroatoms. The van der Waals surface area contributed by atoms with Crippen molar-refractivity contribution in [3.05, 3.63) is 21.9 Å². The van der Waals surface area contributed by atoms with Gasteiger partial charge in [0.2, 0.25) is 0 Å². The van der Waals surface area contributed by atoms with E-state index in [9.17, 15) is 5.11 Å². The van der Waals surface area contributed by atoms with Crippen molar-refractivity contribution in [2.75, 3.05) is 13.2 Å². The van der Waals surface area contributed by atoms with Crippen LogP contribution >= 0.6 is 11.3 Å². The molecule has 3 rings (SSSR count). The highest BCUT2D eigenvalue weighted by Crippen LogP contribution is 2.26. The molecule has 4 nitrogen and oxygen atoms in total. The van der Waals surface area contributed by atoms with E-state index >= 15 is 0 Å². The highest BCUT2D eigenvalue weighted by molar-refractivity contribution is 7.10. The van der Waals surface area contributed by atoms with E-state index in [0.29, 0.717) is 12.6 Å². The molecule has 0 aliphatic heterocycles. The molecule has 0 spiro atoms. The van der Waals surface area contributed by atoms with E-state index < -0.39 is 6.10 Å². The van der Waals surface area contributed by atoms with Crippen molar-refractivity contribution in [1.29, 1.82) is 0 Å². The Bertz CT molecular complexity index is 495. The maximum Gasteiger partial charge on any atom is 0.144 e. The van der Waals surface area contributed by atoms with Gasteiger partial charge in [-0.15, -0.1) is 11.3 Å². The van der Waals surface area contributed by atoms with Crippen LogP contribution in [0.5, 0.6) is 0 Å². The van der Waals surface area contributed by atoms with Crippen LogP contribution in [0.4, 0.5) is 0 Å². The molecule has 22 heavy (non-hydrogen) atoms. The van der Waals surface area contributed by atoms with Crippen LogP contribution in [-0.4, -0.2) is 36.1 Å². The largest absolute Gasteiger partial charge is 0.393 e. The van der Waals surface area contributed by atoms with Crippen LogP contribution in [-0.2, 0) is 11.3 Å². The molecule has 1 aromatic rings. The van der Waals surface area contributed by atoms with Crippen molar-refractivity contribution >= 4 is 17.0 Å². The summed E-state index contributed by atoms with van der Waals surface area (Å²) in [7, 11) is 0. The molecule has 2 aliphatic carbocycles. The minimum Gasteiger partial charge on any atom is -0.393 e. The van der Waals surface area contributed by atoms with Crippen molar-refractivity contribution in [2.24, 2.45) is 5.16 Å². The van der Waals surface area contributed by atoms with E-state index in [2.05, 4.69) is 21.9 Å². The number of aryl methyl sites for hydroxylation is 1. The Morgan fingerprint density at radius 2 is 2.14 bits per heavy atom. The molecule has 1 unspecified atom stereocenters. The summed E-state index contributed by atoms with van der Waals surface area (Å²) in [6.07, 6.45) is 9.21. The van der Waals surface area contributed by atoms with Gasteiger partial charge in [0, 0.05) is 23.0 Å². The van der Waals surface area contributed by atoms with Gasteiger partial charge in [-0.25, -0.2) is 0 Å². The lowest BCUT2D eigenvalue weighted by molar-refractivity contribution is 0.0380. The smallest absolute Gasteiger partial charge is 0.144 e. The number of nitrogens with one attached hydrogen (secondary N) is 1. The zero-order valence-electron chi connectivity index (χ0n) is 13.1. The van der Waals surface area contributed by atoms with Gasteiger partial charge in [0.25, 0.3) is 0 Å². The Kier molecular flexibility index (Phi) is 5.87. The minimum atomic E-state index is -0.489. The Morgan fingerprint density at radius 3 is 3.00 bits per heavy atom. The Labute approximate surface area is 136 Å². The van der Waals surface area contributed by atoms with Gasteiger partial charge in [-0.3, -0.25) is 0 Å². The monoisotopic (exact) mass is 322 g/mol. The van der Waals surface area contributed by atoms with Crippen LogP contribution in [0.2, 0.25) is 0 Å². The average Bonchev–Trinajstić information content (AvgIpc) is 3.03. The molecule has 2 aliphatic rings. The summed E-state index contributed by atoms with van der Waals surface area (Å²) in [6.45, 7) is 0.863. The van der Waals surface area contributed by atoms with Crippen LogP contribution < -0.4 is 5.32 Å². The summed E-state index contributed by atoms with van der Waals surface area (Å²) in [5.41, 5.74) is 2.28. The first kappa shape index (κ1) is 16.0. The number of hydrogen-bond donors (Lipinski definition) is 2. The van der Waals surface area contributed by atoms with Gasteiger partial charge < -0.3 is 15.3 Å². The quantitative estimate of drug-likeness (QED) is 0.791. The highest BCUT2D eigenvalue weighted by Gasteiger charge is 2.18. The maximum atomic E-state index is 10.0. The Hall–Kier alpha value is -0.910. The second kappa shape index (κ2) is 8.09. The predicted molar refractivity (Wildman–Crippen MR) is 90.6 cm³/mol. The Morgan fingerprint density at radius 1 is 1.27 bits per heavy atom. The minimum absolute atomic E-state index is 0.267. The summed E-state index contributed by atoms with van der Waals surface area (Å²) in [5, 5.41) is 19.8. The number of nitrogens with zero attached hydrogens (tertiary/aromatic N) is 1. The second-order valence-electron chi connectivity index (χ2n) is 6.34. The third-order valence-corrected chi connectivity index (χ3v) is 5.54. The summed E-state index contributed by atoms with van der Waals surface area (Å²) < 4.78 is 0. The number of thiophene rings is 1. The first-order valence-corrected chi connectivity index (χ1v) is 9.38. The Balaban J connectivity index is 1.40. The third kappa shape index (κ3) is 4.31. The molecular weight excluding hydrogens is 296 g/mol. The van der Waals surface area contributed by atoms with Crippen LogP contribution in [0.3, 0.4) is 0 Å². The second-order valence-corrected chi connectivity index (χ2v) is 7.34. The van der Waals surface area contributed by atoms with Crippen LogP contribution in [0.25, 0.3) is 0 Å². The van der Waals surface area contributed by atoms with E-state index in [-0.39, 0.29) is 6.61 Å². The lowest BCUT2D eigenvalue weighted by atomic mass is 9.95. The molecule has 0 bridgehead atoms.